The Labute approximate surface area is 96.1 Å². The van der Waals surface area contributed by atoms with Gasteiger partial charge in [-0.15, -0.1) is 0 Å². The maximum Gasteiger partial charge on any atom is 0.254 e. The van der Waals surface area contributed by atoms with Crippen molar-refractivity contribution in [2.24, 2.45) is 0 Å². The van der Waals surface area contributed by atoms with Crippen molar-refractivity contribution in [1.82, 2.24) is 4.90 Å². The van der Waals surface area contributed by atoms with Crippen molar-refractivity contribution < 1.29 is 9.18 Å². The second kappa shape index (κ2) is 5.64. The summed E-state index contributed by atoms with van der Waals surface area (Å²) in [5, 5.41) is 0. The number of halogens is 1. The third kappa shape index (κ3) is 2.81. The second-order valence-corrected chi connectivity index (χ2v) is 3.86. The van der Waals surface area contributed by atoms with E-state index in [2.05, 4.69) is 0 Å². The van der Waals surface area contributed by atoms with Crippen LogP contribution >= 0.6 is 0 Å². The Morgan fingerprint density at radius 1 is 1.44 bits per heavy atom. The lowest BCUT2D eigenvalue weighted by molar-refractivity contribution is 0.0699. The third-order valence-electron chi connectivity index (χ3n) is 2.80. The quantitative estimate of drug-likeness (QED) is 0.768. The monoisotopic (exact) mass is 223 g/mol. The van der Waals surface area contributed by atoms with Gasteiger partial charge in [-0.1, -0.05) is 13.0 Å². The summed E-state index contributed by atoms with van der Waals surface area (Å²) in [6.45, 7) is 6.61. The normalized spacial score (nSPS) is 12.2. The Morgan fingerprint density at radius 3 is 2.62 bits per heavy atom. The summed E-state index contributed by atoms with van der Waals surface area (Å²) in [6.07, 6.45) is 0.898. The van der Waals surface area contributed by atoms with Crippen LogP contribution in [0.2, 0.25) is 0 Å². The van der Waals surface area contributed by atoms with Crippen LogP contribution in [0.3, 0.4) is 0 Å². The molecule has 0 spiro atoms. The van der Waals surface area contributed by atoms with Crippen LogP contribution in [0.25, 0.3) is 0 Å². The van der Waals surface area contributed by atoms with Crippen LogP contribution in [0.15, 0.2) is 24.3 Å². The number of nitrogens with zero attached hydrogens (tertiary/aromatic N) is 1. The number of carbonyl (C=O) groups is 1. The summed E-state index contributed by atoms with van der Waals surface area (Å²) in [5.74, 6) is -0.470. The van der Waals surface area contributed by atoms with Crippen LogP contribution in [-0.4, -0.2) is 23.4 Å². The number of hydrogen-bond donors (Lipinski definition) is 0. The van der Waals surface area contributed by atoms with Crippen molar-refractivity contribution in [3.8, 4) is 0 Å². The van der Waals surface area contributed by atoms with Crippen molar-refractivity contribution in [2.75, 3.05) is 6.54 Å². The molecule has 1 amide bonds. The molecule has 1 aromatic rings. The number of benzene rings is 1. The summed E-state index contributed by atoms with van der Waals surface area (Å²) in [5.41, 5.74) is 0.419. The minimum Gasteiger partial charge on any atom is -0.336 e. The average Bonchev–Trinajstić information content (AvgIpc) is 2.29. The van der Waals surface area contributed by atoms with Gasteiger partial charge in [0.1, 0.15) is 5.82 Å². The van der Waals surface area contributed by atoms with Crippen molar-refractivity contribution in [1.29, 1.82) is 0 Å². The van der Waals surface area contributed by atoms with E-state index in [1.807, 2.05) is 20.8 Å². The Morgan fingerprint density at radius 2 is 2.12 bits per heavy atom. The number of amides is 1. The summed E-state index contributed by atoms with van der Waals surface area (Å²) < 4.78 is 13.0. The van der Waals surface area contributed by atoms with E-state index in [0.717, 1.165) is 6.42 Å². The van der Waals surface area contributed by atoms with Gasteiger partial charge in [0.15, 0.2) is 0 Å². The van der Waals surface area contributed by atoms with Gasteiger partial charge >= 0.3 is 0 Å². The van der Waals surface area contributed by atoms with E-state index in [1.54, 1.807) is 17.0 Å². The first kappa shape index (κ1) is 12.7. The van der Waals surface area contributed by atoms with Crippen molar-refractivity contribution in [3.05, 3.63) is 35.6 Å². The molecule has 16 heavy (non-hydrogen) atoms. The highest BCUT2D eigenvalue weighted by molar-refractivity contribution is 5.94. The lowest BCUT2D eigenvalue weighted by Crippen LogP contribution is -2.38. The van der Waals surface area contributed by atoms with Crippen molar-refractivity contribution in [2.45, 2.75) is 33.2 Å². The van der Waals surface area contributed by atoms with Crippen LogP contribution in [0.1, 0.15) is 37.6 Å². The van der Waals surface area contributed by atoms with Gasteiger partial charge in [0.25, 0.3) is 5.91 Å². The lowest BCUT2D eigenvalue weighted by atomic mass is 10.1. The SMILES string of the molecule is CCC(C)N(CC)C(=O)c1cccc(F)c1. The zero-order valence-corrected chi connectivity index (χ0v) is 10.0. The zero-order valence-electron chi connectivity index (χ0n) is 10.0. The Bertz CT molecular complexity index is 365. The maximum absolute atomic E-state index is 13.0. The van der Waals surface area contributed by atoms with Crippen LogP contribution in [0.5, 0.6) is 0 Å². The van der Waals surface area contributed by atoms with Gasteiger partial charge in [0, 0.05) is 18.2 Å². The molecule has 1 aromatic carbocycles. The van der Waals surface area contributed by atoms with Crippen molar-refractivity contribution >= 4 is 5.91 Å². The van der Waals surface area contributed by atoms with Crippen LogP contribution in [0, 0.1) is 5.82 Å². The van der Waals surface area contributed by atoms with Gasteiger partial charge in [-0.05, 0) is 38.5 Å². The highest BCUT2D eigenvalue weighted by atomic mass is 19.1. The largest absolute Gasteiger partial charge is 0.336 e. The van der Waals surface area contributed by atoms with Crippen LogP contribution < -0.4 is 0 Å². The van der Waals surface area contributed by atoms with E-state index in [0.29, 0.717) is 12.1 Å². The molecule has 1 unspecified atom stereocenters. The summed E-state index contributed by atoms with van der Waals surface area (Å²) in [7, 11) is 0. The van der Waals surface area contributed by atoms with Gasteiger partial charge in [0.05, 0.1) is 0 Å². The van der Waals surface area contributed by atoms with Crippen LogP contribution in [-0.2, 0) is 0 Å². The molecule has 0 fully saturated rings. The Hall–Kier alpha value is -1.38. The van der Waals surface area contributed by atoms with Crippen LogP contribution in [0.4, 0.5) is 4.39 Å². The number of rotatable bonds is 4. The molecule has 0 N–H and O–H groups in total. The molecule has 0 saturated carbocycles. The molecule has 1 rings (SSSR count). The maximum atomic E-state index is 13.0. The minimum atomic E-state index is -0.369. The molecule has 3 heteroatoms. The molecule has 0 aliphatic heterocycles. The predicted octanol–water partition coefficient (Wildman–Crippen LogP) is 3.09. The zero-order chi connectivity index (χ0) is 12.1. The second-order valence-electron chi connectivity index (χ2n) is 3.86. The summed E-state index contributed by atoms with van der Waals surface area (Å²) >= 11 is 0. The molecular formula is C13H18FNO. The fraction of sp³-hybridized carbons (Fsp3) is 0.462. The van der Waals surface area contributed by atoms with E-state index >= 15 is 0 Å². The van der Waals surface area contributed by atoms with Gasteiger partial charge in [-0.25, -0.2) is 4.39 Å². The highest BCUT2D eigenvalue weighted by Crippen LogP contribution is 2.11. The molecule has 1 atom stereocenters. The van der Waals surface area contributed by atoms with E-state index in [1.165, 1.54) is 12.1 Å². The fourth-order valence-electron chi connectivity index (χ4n) is 1.66. The lowest BCUT2D eigenvalue weighted by Gasteiger charge is -2.27. The first-order valence-corrected chi connectivity index (χ1v) is 5.66. The molecule has 0 aliphatic rings. The number of carbonyl (C=O) groups excluding carboxylic acids is 1. The highest BCUT2D eigenvalue weighted by Gasteiger charge is 2.18. The molecule has 0 aromatic heterocycles. The Kier molecular flexibility index (Phi) is 4.47. The standard InChI is InChI=1S/C13H18FNO/c1-4-10(3)15(5-2)13(16)11-7-6-8-12(14)9-11/h6-10H,4-5H2,1-3H3. The van der Waals surface area contributed by atoms with E-state index in [-0.39, 0.29) is 17.8 Å². The molecule has 0 bridgehead atoms. The molecule has 0 saturated heterocycles. The molecular weight excluding hydrogens is 205 g/mol. The summed E-state index contributed by atoms with van der Waals surface area (Å²) in [6, 6.07) is 6.02. The van der Waals surface area contributed by atoms with E-state index in [9.17, 15) is 9.18 Å². The Balaban J connectivity index is 2.91. The van der Waals surface area contributed by atoms with Gasteiger partial charge in [-0.3, -0.25) is 4.79 Å². The van der Waals surface area contributed by atoms with E-state index < -0.39 is 0 Å². The van der Waals surface area contributed by atoms with Gasteiger partial charge in [0.2, 0.25) is 0 Å². The molecule has 2 nitrogen and oxygen atoms in total. The topological polar surface area (TPSA) is 20.3 Å². The van der Waals surface area contributed by atoms with E-state index in [4.69, 9.17) is 0 Å². The molecule has 88 valence electrons. The minimum absolute atomic E-state index is 0.101. The molecule has 0 radical (unpaired) electrons. The average molecular weight is 223 g/mol. The van der Waals surface area contributed by atoms with Crippen molar-refractivity contribution in [3.63, 3.8) is 0 Å². The van der Waals surface area contributed by atoms with Gasteiger partial charge < -0.3 is 4.90 Å². The first-order valence-electron chi connectivity index (χ1n) is 5.66. The number of hydrogen-bond acceptors (Lipinski definition) is 1. The van der Waals surface area contributed by atoms with Gasteiger partial charge in [-0.2, -0.15) is 0 Å². The third-order valence-corrected chi connectivity index (χ3v) is 2.80. The first-order chi connectivity index (χ1) is 7.60. The molecule has 0 heterocycles. The molecule has 0 aliphatic carbocycles. The summed E-state index contributed by atoms with van der Waals surface area (Å²) in [4.78, 5) is 13.8. The predicted molar refractivity (Wildman–Crippen MR) is 62.9 cm³/mol. The smallest absolute Gasteiger partial charge is 0.254 e. The fourth-order valence-corrected chi connectivity index (χ4v) is 1.66.